The first-order valence-corrected chi connectivity index (χ1v) is 8.34. The van der Waals surface area contributed by atoms with Crippen molar-refractivity contribution in [1.29, 1.82) is 0 Å². The molecule has 7 nitrogen and oxygen atoms in total. The van der Waals surface area contributed by atoms with Crippen molar-refractivity contribution >= 4 is 5.91 Å². The third-order valence-electron chi connectivity index (χ3n) is 4.68. The summed E-state index contributed by atoms with van der Waals surface area (Å²) >= 11 is 0. The summed E-state index contributed by atoms with van der Waals surface area (Å²) in [6.07, 6.45) is 1.57. The Morgan fingerprint density at radius 1 is 1.00 bits per heavy atom. The number of nitrogens with one attached hydrogen (secondary N) is 1. The van der Waals surface area contributed by atoms with Crippen LogP contribution in [0.3, 0.4) is 0 Å². The molecule has 0 atom stereocenters. The van der Waals surface area contributed by atoms with Gasteiger partial charge in [0.2, 0.25) is 5.91 Å². The second-order valence-corrected chi connectivity index (χ2v) is 6.12. The smallest absolute Gasteiger partial charge is 0.236 e. The van der Waals surface area contributed by atoms with Crippen molar-refractivity contribution in [3.63, 3.8) is 0 Å². The monoisotopic (exact) mass is 313 g/mol. The lowest BCUT2D eigenvalue weighted by molar-refractivity contribution is -0.187. The van der Waals surface area contributed by atoms with E-state index in [-0.39, 0.29) is 5.91 Å². The second kappa shape index (κ2) is 7.70. The lowest BCUT2D eigenvalue weighted by Crippen LogP contribution is -2.49. The molecule has 22 heavy (non-hydrogen) atoms. The number of likely N-dealkylation sites (tertiary alicyclic amines) is 1. The average Bonchev–Trinajstić information content (AvgIpc) is 3.01. The van der Waals surface area contributed by atoms with Gasteiger partial charge in [-0.25, -0.2) is 0 Å². The molecule has 0 aliphatic carbocycles. The lowest BCUT2D eigenvalue weighted by Gasteiger charge is -2.37. The van der Waals surface area contributed by atoms with E-state index in [0.29, 0.717) is 19.8 Å². The van der Waals surface area contributed by atoms with Crippen LogP contribution in [-0.4, -0.2) is 93.7 Å². The molecule has 126 valence electrons. The molecule has 3 aliphatic heterocycles. The number of carbonyl (C=O) groups is 1. The fourth-order valence-corrected chi connectivity index (χ4v) is 3.25. The number of hydrogen-bond acceptors (Lipinski definition) is 6. The summed E-state index contributed by atoms with van der Waals surface area (Å²) in [5, 5.41) is 3.25. The van der Waals surface area contributed by atoms with E-state index < -0.39 is 5.79 Å². The van der Waals surface area contributed by atoms with Crippen molar-refractivity contribution in [2.75, 3.05) is 72.2 Å². The molecule has 3 fully saturated rings. The molecular weight excluding hydrogens is 286 g/mol. The van der Waals surface area contributed by atoms with Gasteiger partial charge in [0, 0.05) is 52.1 Å². The van der Waals surface area contributed by atoms with Gasteiger partial charge < -0.3 is 24.4 Å². The molecule has 0 aromatic rings. The van der Waals surface area contributed by atoms with E-state index in [4.69, 9.17) is 14.2 Å². The summed E-state index contributed by atoms with van der Waals surface area (Å²) in [5.74, 6) is -0.226. The van der Waals surface area contributed by atoms with Crippen molar-refractivity contribution in [3.05, 3.63) is 0 Å². The predicted octanol–water partition coefficient (Wildman–Crippen LogP) is -0.726. The highest BCUT2D eigenvalue weighted by atomic mass is 16.7. The van der Waals surface area contributed by atoms with Crippen molar-refractivity contribution in [1.82, 2.24) is 15.1 Å². The minimum atomic E-state index is -0.402. The standard InChI is InChI=1S/C15H27N3O4/c19-14(13-16-3-6-17-7-9-20-10-8-17)18-4-1-15(2-5-18)21-11-12-22-15/h16H,1-13H2. The molecule has 0 bridgehead atoms. The second-order valence-electron chi connectivity index (χ2n) is 6.12. The highest BCUT2D eigenvalue weighted by molar-refractivity contribution is 5.78. The molecule has 1 N–H and O–H groups in total. The van der Waals surface area contributed by atoms with Gasteiger partial charge >= 0.3 is 0 Å². The molecular formula is C15H27N3O4. The first kappa shape index (κ1) is 16.1. The highest BCUT2D eigenvalue weighted by Crippen LogP contribution is 2.31. The van der Waals surface area contributed by atoms with Crippen LogP contribution in [0.4, 0.5) is 0 Å². The Kier molecular flexibility index (Phi) is 5.65. The van der Waals surface area contributed by atoms with Gasteiger partial charge in [-0.15, -0.1) is 0 Å². The maximum atomic E-state index is 12.2. The Morgan fingerprint density at radius 3 is 2.36 bits per heavy atom. The summed E-state index contributed by atoms with van der Waals surface area (Å²) in [5.41, 5.74) is 0. The number of rotatable bonds is 5. The fourth-order valence-electron chi connectivity index (χ4n) is 3.25. The van der Waals surface area contributed by atoms with Gasteiger partial charge in [0.15, 0.2) is 5.79 Å². The summed E-state index contributed by atoms with van der Waals surface area (Å²) < 4.78 is 16.7. The van der Waals surface area contributed by atoms with Crippen LogP contribution in [0, 0.1) is 0 Å². The maximum Gasteiger partial charge on any atom is 0.236 e. The zero-order valence-corrected chi connectivity index (χ0v) is 13.2. The molecule has 3 aliphatic rings. The normalized spacial score (nSPS) is 25.7. The third kappa shape index (κ3) is 4.17. The van der Waals surface area contributed by atoms with Gasteiger partial charge in [-0.3, -0.25) is 9.69 Å². The molecule has 3 rings (SSSR count). The van der Waals surface area contributed by atoms with E-state index >= 15 is 0 Å². The molecule has 1 spiro atoms. The van der Waals surface area contributed by atoms with E-state index in [9.17, 15) is 4.79 Å². The van der Waals surface area contributed by atoms with Crippen molar-refractivity contribution in [3.8, 4) is 0 Å². The first-order chi connectivity index (χ1) is 10.8. The van der Waals surface area contributed by atoms with Crippen LogP contribution in [0.1, 0.15) is 12.8 Å². The Balaban J connectivity index is 1.29. The van der Waals surface area contributed by atoms with Gasteiger partial charge in [-0.05, 0) is 0 Å². The van der Waals surface area contributed by atoms with E-state index in [1.807, 2.05) is 4.90 Å². The Labute approximate surface area is 131 Å². The highest BCUT2D eigenvalue weighted by Gasteiger charge is 2.40. The topological polar surface area (TPSA) is 63.3 Å². The summed E-state index contributed by atoms with van der Waals surface area (Å²) in [6.45, 7) is 8.66. The predicted molar refractivity (Wildman–Crippen MR) is 80.6 cm³/mol. The number of nitrogens with zero attached hydrogens (tertiary/aromatic N) is 2. The zero-order chi connectivity index (χ0) is 15.3. The molecule has 0 aromatic heterocycles. The average molecular weight is 313 g/mol. The largest absolute Gasteiger partial charge is 0.379 e. The minimum Gasteiger partial charge on any atom is -0.379 e. The zero-order valence-electron chi connectivity index (χ0n) is 13.2. The van der Waals surface area contributed by atoms with Crippen LogP contribution >= 0.6 is 0 Å². The summed E-state index contributed by atoms with van der Waals surface area (Å²) in [7, 11) is 0. The van der Waals surface area contributed by atoms with Gasteiger partial charge in [0.25, 0.3) is 0 Å². The van der Waals surface area contributed by atoms with Crippen LogP contribution < -0.4 is 5.32 Å². The van der Waals surface area contributed by atoms with E-state index in [1.54, 1.807) is 0 Å². The summed E-state index contributed by atoms with van der Waals surface area (Å²) in [4.78, 5) is 16.5. The van der Waals surface area contributed by atoms with E-state index in [0.717, 1.165) is 65.3 Å². The first-order valence-electron chi connectivity index (χ1n) is 8.34. The number of amides is 1. The Morgan fingerprint density at radius 2 is 1.68 bits per heavy atom. The fraction of sp³-hybridized carbons (Fsp3) is 0.933. The van der Waals surface area contributed by atoms with Gasteiger partial charge in [-0.1, -0.05) is 0 Å². The Hall–Kier alpha value is -0.730. The number of ether oxygens (including phenoxy) is 3. The molecule has 0 aromatic carbocycles. The van der Waals surface area contributed by atoms with Gasteiger partial charge in [-0.2, -0.15) is 0 Å². The molecule has 0 saturated carbocycles. The number of hydrogen-bond donors (Lipinski definition) is 1. The molecule has 0 unspecified atom stereocenters. The quantitative estimate of drug-likeness (QED) is 0.676. The summed E-state index contributed by atoms with van der Waals surface area (Å²) in [6, 6.07) is 0. The minimum absolute atomic E-state index is 0.176. The van der Waals surface area contributed by atoms with Crippen LogP contribution in [-0.2, 0) is 19.0 Å². The van der Waals surface area contributed by atoms with Crippen LogP contribution in [0.15, 0.2) is 0 Å². The molecule has 7 heteroatoms. The van der Waals surface area contributed by atoms with E-state index in [2.05, 4.69) is 10.2 Å². The molecule has 3 saturated heterocycles. The van der Waals surface area contributed by atoms with Crippen molar-refractivity contribution in [2.45, 2.75) is 18.6 Å². The van der Waals surface area contributed by atoms with Gasteiger partial charge in [0.1, 0.15) is 0 Å². The SMILES string of the molecule is O=C(CNCCN1CCOCC1)N1CCC2(CC1)OCCO2. The van der Waals surface area contributed by atoms with Crippen LogP contribution in [0.5, 0.6) is 0 Å². The number of piperidine rings is 1. The lowest BCUT2D eigenvalue weighted by atomic mass is 10.0. The molecule has 0 radical (unpaired) electrons. The number of morpholine rings is 1. The van der Waals surface area contributed by atoms with Gasteiger partial charge in [0.05, 0.1) is 33.0 Å². The Bertz CT molecular complexity index is 358. The van der Waals surface area contributed by atoms with Crippen molar-refractivity contribution in [2.24, 2.45) is 0 Å². The van der Waals surface area contributed by atoms with Crippen molar-refractivity contribution < 1.29 is 19.0 Å². The molecule has 3 heterocycles. The van der Waals surface area contributed by atoms with Crippen LogP contribution in [0.2, 0.25) is 0 Å². The maximum absolute atomic E-state index is 12.2. The third-order valence-corrected chi connectivity index (χ3v) is 4.68. The number of carbonyl (C=O) groups excluding carboxylic acids is 1. The van der Waals surface area contributed by atoms with E-state index in [1.165, 1.54) is 0 Å². The molecule has 1 amide bonds. The van der Waals surface area contributed by atoms with Crippen LogP contribution in [0.25, 0.3) is 0 Å².